The molecule has 0 aliphatic heterocycles. The quantitative estimate of drug-likeness (QED) is 0.515. The Labute approximate surface area is 174 Å². The van der Waals surface area contributed by atoms with Crippen LogP contribution in [0.3, 0.4) is 0 Å². The molecule has 2 N–H and O–H groups in total. The van der Waals surface area contributed by atoms with Gasteiger partial charge in [-0.2, -0.15) is 0 Å². The number of hydrogen-bond acceptors (Lipinski definition) is 4. The summed E-state index contributed by atoms with van der Waals surface area (Å²) in [6.45, 7) is 15.0. The monoisotopic (exact) mass is 402 g/mol. The van der Waals surface area contributed by atoms with Crippen LogP contribution >= 0.6 is 0 Å². The summed E-state index contributed by atoms with van der Waals surface area (Å²) in [6.07, 6.45) is 15.6. The molecule has 0 bridgehead atoms. The number of rotatable bonds is 7. The molecular weight excluding hydrogens is 367 g/mol. The molecule has 0 aromatic carbocycles. The highest BCUT2D eigenvalue weighted by atomic mass is 19.1. The fraction of sp³-hybridized carbons (Fsp3) is 0.409. The summed E-state index contributed by atoms with van der Waals surface area (Å²) in [6, 6.07) is 0. The second-order valence-electron chi connectivity index (χ2n) is 6.12. The van der Waals surface area contributed by atoms with Crippen molar-refractivity contribution in [3.05, 3.63) is 66.3 Å². The predicted octanol–water partition coefficient (Wildman–Crippen LogP) is 5.13. The van der Waals surface area contributed by atoms with Crippen LogP contribution in [-0.2, 0) is 19.5 Å². The van der Waals surface area contributed by atoms with Gasteiger partial charge in [-0.05, 0) is 46.4 Å². The Morgan fingerprint density at radius 3 is 2.38 bits per heavy atom. The normalized spacial score (nSPS) is 11.2. The topological polar surface area (TPSA) is 74.0 Å². The van der Waals surface area contributed by atoms with Crippen LogP contribution in [0.25, 0.3) is 6.08 Å². The average molecular weight is 403 g/mol. The van der Waals surface area contributed by atoms with E-state index in [0.717, 1.165) is 43.1 Å². The number of hydrogen-bond donors (Lipinski definition) is 1. The van der Waals surface area contributed by atoms with Gasteiger partial charge in [-0.25, -0.2) is 14.4 Å². The van der Waals surface area contributed by atoms with Gasteiger partial charge in [0.15, 0.2) is 0 Å². The van der Waals surface area contributed by atoms with E-state index < -0.39 is 0 Å². The third-order valence-corrected chi connectivity index (χ3v) is 3.67. The average Bonchev–Trinajstić information content (AvgIpc) is 3.36. The van der Waals surface area contributed by atoms with Crippen molar-refractivity contribution in [1.82, 2.24) is 19.1 Å². The van der Waals surface area contributed by atoms with Gasteiger partial charge in [-0.15, -0.1) is 0 Å². The molecule has 0 radical (unpaired) electrons. The van der Waals surface area contributed by atoms with Crippen molar-refractivity contribution in [2.45, 2.75) is 60.5 Å². The number of aryl methyl sites for hydroxylation is 1. The molecule has 0 aliphatic rings. The van der Waals surface area contributed by atoms with Crippen molar-refractivity contribution in [2.24, 2.45) is 10.7 Å². The van der Waals surface area contributed by atoms with Crippen LogP contribution < -0.4 is 5.73 Å². The van der Waals surface area contributed by atoms with E-state index in [1.165, 1.54) is 6.92 Å². The number of aliphatic imine (C=N–C) groups is 1. The Morgan fingerprint density at radius 2 is 1.97 bits per heavy atom. The molecule has 0 amide bonds. The van der Waals surface area contributed by atoms with E-state index >= 15 is 0 Å². The summed E-state index contributed by atoms with van der Waals surface area (Å²) in [5, 5.41) is 0. The molecule has 0 atom stereocenters. The van der Waals surface area contributed by atoms with Crippen LogP contribution in [-0.4, -0.2) is 25.8 Å². The van der Waals surface area contributed by atoms with Crippen molar-refractivity contribution >= 4 is 12.8 Å². The first kappa shape index (κ1) is 26.0. The van der Waals surface area contributed by atoms with Crippen molar-refractivity contribution in [1.29, 1.82) is 0 Å². The second-order valence-corrected chi connectivity index (χ2v) is 6.12. The van der Waals surface area contributed by atoms with E-state index in [1.54, 1.807) is 12.4 Å². The summed E-state index contributed by atoms with van der Waals surface area (Å²) in [5.41, 5.74) is 7.23. The Hall–Kier alpha value is -2.96. The lowest BCUT2D eigenvalue weighted by Gasteiger charge is -2.09. The van der Waals surface area contributed by atoms with E-state index in [1.807, 2.05) is 49.2 Å². The maximum absolute atomic E-state index is 10.8. The van der Waals surface area contributed by atoms with Gasteiger partial charge in [0, 0.05) is 30.8 Å². The van der Waals surface area contributed by atoms with Crippen LogP contribution in [0, 0.1) is 0 Å². The zero-order valence-corrected chi connectivity index (χ0v) is 18.3. The maximum atomic E-state index is 10.8. The van der Waals surface area contributed by atoms with Crippen LogP contribution in [0.2, 0.25) is 0 Å². The van der Waals surface area contributed by atoms with Crippen molar-refractivity contribution < 1.29 is 4.39 Å². The minimum absolute atomic E-state index is 0.213. The molecule has 7 heteroatoms. The molecule has 0 aliphatic carbocycles. The first-order valence-corrected chi connectivity index (χ1v) is 9.74. The van der Waals surface area contributed by atoms with Gasteiger partial charge in [-0.3, -0.25) is 4.99 Å². The fourth-order valence-corrected chi connectivity index (χ4v) is 2.28. The predicted molar refractivity (Wildman–Crippen MR) is 121 cm³/mol. The SMILES string of the molecule is C/C(N)=C\F.C/C=C\C.C=N/C=C\c1c(CC)nc(Cn2ccnc2)n1CCC. The lowest BCUT2D eigenvalue weighted by atomic mass is 10.2. The third-order valence-electron chi connectivity index (χ3n) is 3.67. The highest BCUT2D eigenvalue weighted by Gasteiger charge is 2.13. The number of nitrogens with zero attached hydrogens (tertiary/aromatic N) is 5. The Bertz CT molecular complexity index is 762. The largest absolute Gasteiger partial charge is 0.400 e. The zero-order valence-electron chi connectivity index (χ0n) is 18.3. The van der Waals surface area contributed by atoms with Crippen LogP contribution in [0.15, 0.2) is 54.1 Å². The van der Waals surface area contributed by atoms with Gasteiger partial charge in [0.2, 0.25) is 0 Å². The molecule has 2 aromatic rings. The third kappa shape index (κ3) is 10.2. The minimum atomic E-state index is 0.213. The highest BCUT2D eigenvalue weighted by molar-refractivity contribution is 5.50. The van der Waals surface area contributed by atoms with Crippen LogP contribution in [0.1, 0.15) is 58.3 Å². The molecule has 0 spiro atoms. The Morgan fingerprint density at radius 1 is 1.31 bits per heavy atom. The first-order chi connectivity index (χ1) is 14.0. The van der Waals surface area contributed by atoms with Crippen molar-refractivity contribution in [3.8, 4) is 0 Å². The zero-order chi connectivity index (χ0) is 22.1. The van der Waals surface area contributed by atoms with E-state index in [0.29, 0.717) is 6.33 Å². The molecule has 29 heavy (non-hydrogen) atoms. The van der Waals surface area contributed by atoms with Gasteiger partial charge in [0.05, 0.1) is 24.3 Å². The number of allylic oxidation sites excluding steroid dienone is 3. The standard InChI is InChI=1S/C15H21N5.C4H8.C3H6FN/c1-4-9-20-14(6-7-16-3)13(5-2)18-15(20)11-19-10-8-17-12-19;1-3-4-2;1-3(5)2-4/h6-8,10,12H,3-5,9,11H2,1-2H3;3-4H,1-2H3;2H,5H2,1H3/b7-6-;4-3-;3-2+. The first-order valence-electron chi connectivity index (χ1n) is 9.74. The van der Waals surface area contributed by atoms with Gasteiger partial charge in [0.25, 0.3) is 0 Å². The van der Waals surface area contributed by atoms with Gasteiger partial charge in [-0.1, -0.05) is 26.0 Å². The number of halogens is 1. The fourth-order valence-electron chi connectivity index (χ4n) is 2.28. The lowest BCUT2D eigenvalue weighted by Crippen LogP contribution is -2.09. The smallest absolute Gasteiger partial charge is 0.129 e. The molecule has 0 saturated carbocycles. The molecule has 0 unspecified atom stereocenters. The molecule has 6 nitrogen and oxygen atoms in total. The van der Waals surface area contributed by atoms with Gasteiger partial charge < -0.3 is 14.9 Å². The van der Waals surface area contributed by atoms with Gasteiger partial charge >= 0.3 is 0 Å². The molecule has 2 heterocycles. The summed E-state index contributed by atoms with van der Waals surface area (Å²) >= 11 is 0. The van der Waals surface area contributed by atoms with E-state index in [-0.39, 0.29) is 5.70 Å². The number of aromatic nitrogens is 4. The summed E-state index contributed by atoms with van der Waals surface area (Å²) in [7, 11) is 0. The van der Waals surface area contributed by atoms with Gasteiger partial charge in [0.1, 0.15) is 12.2 Å². The highest BCUT2D eigenvalue weighted by Crippen LogP contribution is 2.17. The Balaban J connectivity index is 0.000000734. The lowest BCUT2D eigenvalue weighted by molar-refractivity contribution is 0.608. The number of imidazole rings is 2. The van der Waals surface area contributed by atoms with Crippen molar-refractivity contribution in [2.75, 3.05) is 0 Å². The van der Waals surface area contributed by atoms with E-state index in [2.05, 4.69) is 35.1 Å². The molecule has 0 fully saturated rings. The van der Waals surface area contributed by atoms with Crippen molar-refractivity contribution in [3.63, 3.8) is 0 Å². The molecule has 2 rings (SSSR count). The minimum Gasteiger partial charge on any atom is -0.400 e. The van der Waals surface area contributed by atoms with Crippen LogP contribution in [0.4, 0.5) is 4.39 Å². The summed E-state index contributed by atoms with van der Waals surface area (Å²) < 4.78 is 15.1. The maximum Gasteiger partial charge on any atom is 0.129 e. The molecule has 0 saturated heterocycles. The Kier molecular flexibility index (Phi) is 14.4. The molecule has 160 valence electrons. The molecular formula is C22H35FN6. The number of nitrogens with two attached hydrogens (primary N) is 1. The van der Waals surface area contributed by atoms with Crippen LogP contribution in [0.5, 0.6) is 0 Å². The van der Waals surface area contributed by atoms with E-state index in [9.17, 15) is 4.39 Å². The summed E-state index contributed by atoms with van der Waals surface area (Å²) in [5.74, 6) is 1.06. The van der Waals surface area contributed by atoms with E-state index in [4.69, 9.17) is 10.7 Å². The summed E-state index contributed by atoms with van der Waals surface area (Å²) in [4.78, 5) is 12.7. The second kappa shape index (κ2) is 16.0. The molecule has 2 aromatic heterocycles.